The predicted molar refractivity (Wildman–Crippen MR) is 125 cm³/mol. The fraction of sp³-hybridized carbons (Fsp3) is 0.333. The summed E-state index contributed by atoms with van der Waals surface area (Å²) in [4.78, 5) is 22.9. The fourth-order valence-electron chi connectivity index (χ4n) is 2.78. The summed E-state index contributed by atoms with van der Waals surface area (Å²) >= 11 is 6.81. The van der Waals surface area contributed by atoms with Crippen LogP contribution in [-0.4, -0.2) is 48.7 Å². The first kappa shape index (κ1) is 21.3. The third kappa shape index (κ3) is 6.04. The van der Waals surface area contributed by atoms with Crippen LogP contribution in [0.4, 0.5) is 5.13 Å². The first-order valence-corrected chi connectivity index (χ1v) is 11.8. The van der Waals surface area contributed by atoms with Gasteiger partial charge in [-0.1, -0.05) is 45.5 Å². The van der Waals surface area contributed by atoms with Gasteiger partial charge in [0.1, 0.15) is 0 Å². The molecular weight excluding hydrogens is 454 g/mol. The highest BCUT2D eigenvalue weighted by Crippen LogP contribution is 2.31. The lowest BCUT2D eigenvalue weighted by Gasteiger charge is -2.21. The van der Waals surface area contributed by atoms with Gasteiger partial charge in [0.05, 0.1) is 10.2 Å². The molecule has 0 saturated carbocycles. The molecule has 0 spiro atoms. The van der Waals surface area contributed by atoms with Crippen molar-refractivity contribution in [2.24, 2.45) is 0 Å². The summed E-state index contributed by atoms with van der Waals surface area (Å²) in [5, 5.41) is 0.793. The van der Waals surface area contributed by atoms with Crippen LogP contribution in [0.5, 0.6) is 0 Å². The smallest absolute Gasteiger partial charge is 0.229 e. The van der Waals surface area contributed by atoms with Gasteiger partial charge in [0.15, 0.2) is 5.13 Å². The van der Waals surface area contributed by atoms with E-state index in [1.165, 1.54) is 4.90 Å². The van der Waals surface area contributed by atoms with E-state index in [-0.39, 0.29) is 5.91 Å². The van der Waals surface area contributed by atoms with Gasteiger partial charge in [-0.15, -0.1) is 11.8 Å². The zero-order valence-electron chi connectivity index (χ0n) is 16.1. The molecule has 0 aliphatic heterocycles. The maximum absolute atomic E-state index is 13.0. The number of nitrogens with zero attached hydrogens (tertiary/aromatic N) is 3. The van der Waals surface area contributed by atoms with Gasteiger partial charge in [-0.3, -0.25) is 9.69 Å². The molecule has 148 valence electrons. The molecule has 0 radical (unpaired) electrons. The summed E-state index contributed by atoms with van der Waals surface area (Å²) in [5.41, 5.74) is 0.937. The van der Waals surface area contributed by atoms with Gasteiger partial charge in [0.2, 0.25) is 5.91 Å². The number of carbonyl (C=O) groups is 1. The normalized spacial score (nSPS) is 11.3. The Balaban J connectivity index is 1.70. The lowest BCUT2D eigenvalue weighted by molar-refractivity contribution is -0.118. The van der Waals surface area contributed by atoms with Gasteiger partial charge in [-0.25, -0.2) is 4.98 Å². The number of benzene rings is 2. The zero-order chi connectivity index (χ0) is 19.9. The third-order valence-electron chi connectivity index (χ3n) is 4.19. The number of rotatable bonds is 9. The molecule has 0 saturated heterocycles. The van der Waals surface area contributed by atoms with Gasteiger partial charge >= 0.3 is 0 Å². The van der Waals surface area contributed by atoms with Crippen LogP contribution in [0.15, 0.2) is 57.9 Å². The highest BCUT2D eigenvalue weighted by Gasteiger charge is 2.19. The number of hydrogen-bond donors (Lipinski definition) is 0. The second-order valence-corrected chi connectivity index (χ2v) is 9.82. The molecular formula is C21H24BrN3OS2. The first-order valence-electron chi connectivity index (χ1n) is 9.22. The molecule has 0 unspecified atom stereocenters. The number of hydrogen-bond acceptors (Lipinski definition) is 5. The Morgan fingerprint density at radius 3 is 2.68 bits per heavy atom. The molecule has 0 atom stereocenters. The number of fused-ring (bicyclic) bond motifs is 1. The van der Waals surface area contributed by atoms with Crippen molar-refractivity contribution >= 4 is 60.3 Å². The molecule has 0 bridgehead atoms. The lowest BCUT2D eigenvalue weighted by Crippen LogP contribution is -2.33. The minimum Gasteiger partial charge on any atom is -0.309 e. The minimum absolute atomic E-state index is 0.139. The number of aromatic nitrogens is 1. The average molecular weight is 478 g/mol. The lowest BCUT2D eigenvalue weighted by atomic mass is 10.3. The van der Waals surface area contributed by atoms with Gasteiger partial charge in [0.25, 0.3) is 0 Å². The Kier molecular flexibility index (Phi) is 7.91. The largest absolute Gasteiger partial charge is 0.309 e. The maximum Gasteiger partial charge on any atom is 0.229 e. The van der Waals surface area contributed by atoms with E-state index in [0.717, 1.165) is 38.5 Å². The van der Waals surface area contributed by atoms with Crippen molar-refractivity contribution in [3.8, 4) is 0 Å². The molecule has 1 heterocycles. The monoisotopic (exact) mass is 477 g/mol. The summed E-state index contributed by atoms with van der Waals surface area (Å²) in [6, 6.07) is 16.3. The van der Waals surface area contributed by atoms with Crippen molar-refractivity contribution in [3.63, 3.8) is 0 Å². The molecule has 1 aromatic heterocycles. The summed E-state index contributed by atoms with van der Waals surface area (Å²) < 4.78 is 2.12. The second kappa shape index (κ2) is 10.4. The number of halogens is 1. The topological polar surface area (TPSA) is 36.4 Å². The molecule has 4 nitrogen and oxygen atoms in total. The molecule has 2 aromatic carbocycles. The van der Waals surface area contributed by atoms with Crippen molar-refractivity contribution in [2.75, 3.05) is 37.8 Å². The van der Waals surface area contributed by atoms with Crippen molar-refractivity contribution < 1.29 is 4.79 Å². The molecule has 3 aromatic rings. The Morgan fingerprint density at radius 1 is 1.14 bits per heavy atom. The Hall–Kier alpha value is -1.41. The van der Waals surface area contributed by atoms with Gasteiger partial charge in [-0.2, -0.15) is 0 Å². The predicted octanol–water partition coefficient (Wildman–Crippen LogP) is 5.53. The Morgan fingerprint density at radius 2 is 1.93 bits per heavy atom. The molecule has 1 amide bonds. The van der Waals surface area contributed by atoms with E-state index in [9.17, 15) is 4.79 Å². The van der Waals surface area contributed by atoms with Crippen molar-refractivity contribution in [2.45, 2.75) is 17.7 Å². The number of amides is 1. The summed E-state index contributed by atoms with van der Waals surface area (Å²) in [5.74, 6) is 0.907. The van der Waals surface area contributed by atoms with E-state index >= 15 is 0 Å². The van der Waals surface area contributed by atoms with Crippen LogP contribution in [0, 0.1) is 0 Å². The van der Waals surface area contributed by atoms with E-state index in [2.05, 4.69) is 53.1 Å². The summed E-state index contributed by atoms with van der Waals surface area (Å²) in [6.07, 6.45) is 1.42. The fourth-order valence-corrected chi connectivity index (χ4v) is 5.20. The third-order valence-corrected chi connectivity index (χ3v) is 6.73. The highest BCUT2D eigenvalue weighted by atomic mass is 79.9. The Bertz CT molecular complexity index is 914. The van der Waals surface area contributed by atoms with Crippen LogP contribution >= 0.6 is 39.0 Å². The summed E-state index contributed by atoms with van der Waals surface area (Å²) in [6.45, 7) is 1.63. The SMILES string of the molecule is CN(C)CCCN(C(=O)CCSc1ccccc1)c1nc2ccc(Br)cc2s1. The number of carbonyl (C=O) groups excluding carboxylic acids is 1. The van der Waals surface area contributed by atoms with E-state index in [1.54, 1.807) is 23.1 Å². The van der Waals surface area contributed by atoms with Crippen LogP contribution in [0.2, 0.25) is 0 Å². The molecule has 0 fully saturated rings. The van der Waals surface area contributed by atoms with Crippen LogP contribution in [-0.2, 0) is 4.79 Å². The van der Waals surface area contributed by atoms with Crippen LogP contribution in [0.3, 0.4) is 0 Å². The van der Waals surface area contributed by atoms with Crippen LogP contribution < -0.4 is 4.90 Å². The molecule has 0 aliphatic rings. The van der Waals surface area contributed by atoms with Crippen molar-refractivity contribution in [3.05, 3.63) is 53.0 Å². The Labute approximate surface area is 183 Å². The maximum atomic E-state index is 13.0. The number of thiazole rings is 1. The van der Waals surface area contributed by atoms with E-state index in [0.29, 0.717) is 13.0 Å². The first-order chi connectivity index (χ1) is 13.5. The molecule has 28 heavy (non-hydrogen) atoms. The number of thioether (sulfide) groups is 1. The summed E-state index contributed by atoms with van der Waals surface area (Å²) in [7, 11) is 4.11. The highest BCUT2D eigenvalue weighted by molar-refractivity contribution is 9.10. The minimum atomic E-state index is 0.139. The van der Waals surface area contributed by atoms with Crippen molar-refractivity contribution in [1.82, 2.24) is 9.88 Å². The standard InChI is InChI=1S/C21H24BrN3OS2/c1-24(2)12-6-13-25(20(26)11-14-27-17-7-4-3-5-8-17)21-23-18-10-9-16(22)15-19(18)28-21/h3-5,7-10,15H,6,11-14H2,1-2H3. The van der Waals surface area contributed by atoms with E-state index in [1.807, 2.05) is 35.2 Å². The van der Waals surface area contributed by atoms with E-state index < -0.39 is 0 Å². The average Bonchev–Trinajstić information content (AvgIpc) is 3.08. The molecule has 7 heteroatoms. The quantitative estimate of drug-likeness (QED) is 0.379. The molecule has 0 aliphatic carbocycles. The second-order valence-electron chi connectivity index (χ2n) is 6.72. The van der Waals surface area contributed by atoms with Gasteiger partial charge < -0.3 is 4.90 Å². The van der Waals surface area contributed by atoms with E-state index in [4.69, 9.17) is 4.98 Å². The van der Waals surface area contributed by atoms with Crippen LogP contribution in [0.1, 0.15) is 12.8 Å². The van der Waals surface area contributed by atoms with Crippen LogP contribution in [0.25, 0.3) is 10.2 Å². The zero-order valence-corrected chi connectivity index (χ0v) is 19.3. The van der Waals surface area contributed by atoms with Gasteiger partial charge in [0, 0.05) is 28.1 Å². The van der Waals surface area contributed by atoms with Crippen molar-refractivity contribution in [1.29, 1.82) is 0 Å². The molecule has 3 rings (SSSR count). The molecule has 0 N–H and O–H groups in total. The van der Waals surface area contributed by atoms with Gasteiger partial charge in [-0.05, 0) is 57.4 Å². The number of anilines is 1.